The Hall–Kier alpha value is -2.04. The first-order chi connectivity index (χ1) is 10.6. The van der Waals surface area contributed by atoms with E-state index in [-0.39, 0.29) is 18.4 Å². The van der Waals surface area contributed by atoms with Gasteiger partial charge < -0.3 is 15.0 Å². The fourth-order valence-corrected chi connectivity index (χ4v) is 2.50. The van der Waals surface area contributed by atoms with Crippen molar-refractivity contribution in [3.05, 3.63) is 29.8 Å². The Morgan fingerprint density at radius 1 is 1.23 bits per heavy atom. The summed E-state index contributed by atoms with van der Waals surface area (Å²) in [7, 11) is 0. The van der Waals surface area contributed by atoms with Crippen LogP contribution in [0, 0.1) is 5.92 Å². The van der Waals surface area contributed by atoms with Crippen LogP contribution in [0.4, 0.5) is 0 Å². The number of hydrogen-bond donors (Lipinski definition) is 1. The third-order valence-electron chi connectivity index (χ3n) is 3.96. The molecule has 0 atom stereocenters. The molecule has 1 aliphatic heterocycles. The van der Waals surface area contributed by atoms with Gasteiger partial charge in [0.15, 0.2) is 0 Å². The van der Waals surface area contributed by atoms with Gasteiger partial charge >= 0.3 is 0 Å². The number of hydrogen-bond acceptors (Lipinski definition) is 3. The number of benzene rings is 1. The Morgan fingerprint density at radius 3 is 2.45 bits per heavy atom. The van der Waals surface area contributed by atoms with E-state index in [1.807, 2.05) is 11.8 Å². The molecule has 0 radical (unpaired) electrons. The molecule has 0 aliphatic carbocycles. The predicted octanol–water partition coefficient (Wildman–Crippen LogP) is 2.07. The van der Waals surface area contributed by atoms with E-state index in [1.165, 1.54) is 0 Å². The summed E-state index contributed by atoms with van der Waals surface area (Å²) in [5.41, 5.74) is 0.531. The summed E-state index contributed by atoms with van der Waals surface area (Å²) in [6.07, 6.45) is 2.08. The number of likely N-dealkylation sites (tertiary alicyclic amines) is 1. The molecule has 0 spiro atoms. The first-order valence-corrected chi connectivity index (χ1v) is 7.89. The maximum Gasteiger partial charge on any atom is 0.251 e. The van der Waals surface area contributed by atoms with E-state index in [1.54, 1.807) is 24.3 Å². The third kappa shape index (κ3) is 4.48. The van der Waals surface area contributed by atoms with Crippen LogP contribution in [-0.4, -0.2) is 43.0 Å². The van der Waals surface area contributed by atoms with Crippen LogP contribution >= 0.6 is 0 Å². The molecule has 1 fully saturated rings. The summed E-state index contributed by atoms with van der Waals surface area (Å²) >= 11 is 0. The molecule has 1 aliphatic rings. The van der Waals surface area contributed by atoms with E-state index >= 15 is 0 Å². The molecule has 120 valence electrons. The number of amides is 2. The van der Waals surface area contributed by atoms with Crippen molar-refractivity contribution in [3.8, 4) is 5.75 Å². The van der Waals surface area contributed by atoms with E-state index in [0.717, 1.165) is 31.7 Å². The summed E-state index contributed by atoms with van der Waals surface area (Å²) in [4.78, 5) is 25.9. The molecule has 1 N–H and O–H groups in total. The highest BCUT2D eigenvalue weighted by Gasteiger charge is 2.20. The van der Waals surface area contributed by atoms with E-state index in [9.17, 15) is 9.59 Å². The number of nitrogens with one attached hydrogen (secondary N) is 1. The molecule has 1 heterocycles. The zero-order chi connectivity index (χ0) is 15.9. The molecule has 0 saturated carbocycles. The topological polar surface area (TPSA) is 58.6 Å². The predicted molar refractivity (Wildman–Crippen MR) is 84.9 cm³/mol. The Labute approximate surface area is 131 Å². The van der Waals surface area contributed by atoms with Crippen LogP contribution in [0.5, 0.6) is 5.75 Å². The highest BCUT2D eigenvalue weighted by molar-refractivity contribution is 5.96. The summed E-state index contributed by atoms with van der Waals surface area (Å²) in [5.74, 6) is 1.17. The van der Waals surface area contributed by atoms with Crippen LogP contribution in [0.3, 0.4) is 0 Å². The van der Waals surface area contributed by atoms with Gasteiger partial charge in [0.05, 0.1) is 13.2 Å². The first-order valence-electron chi connectivity index (χ1n) is 7.89. The SMILES string of the molecule is CCOc1ccc(C(=O)NCC(=O)N2CCC(C)CC2)cc1. The van der Waals surface area contributed by atoms with E-state index in [0.29, 0.717) is 18.1 Å². The largest absolute Gasteiger partial charge is 0.494 e. The van der Waals surface area contributed by atoms with E-state index in [4.69, 9.17) is 4.74 Å². The number of nitrogens with zero attached hydrogens (tertiary/aromatic N) is 1. The Kier molecular flexibility index (Phi) is 5.81. The molecule has 1 aromatic carbocycles. The van der Waals surface area contributed by atoms with Crippen LogP contribution in [0.25, 0.3) is 0 Å². The normalized spacial score (nSPS) is 15.5. The van der Waals surface area contributed by atoms with Crippen molar-refractivity contribution in [1.29, 1.82) is 0 Å². The smallest absolute Gasteiger partial charge is 0.251 e. The number of carbonyl (C=O) groups excluding carboxylic acids is 2. The standard InChI is InChI=1S/C17H24N2O3/c1-3-22-15-6-4-14(5-7-15)17(21)18-12-16(20)19-10-8-13(2)9-11-19/h4-7,13H,3,8-12H2,1-2H3,(H,18,21). The molecule has 0 aromatic heterocycles. The molecule has 1 saturated heterocycles. The van der Waals surface area contributed by atoms with Crippen molar-refractivity contribution >= 4 is 11.8 Å². The van der Waals surface area contributed by atoms with Gasteiger partial charge in [-0.05, 0) is 49.9 Å². The number of ether oxygens (including phenoxy) is 1. The van der Waals surface area contributed by atoms with Gasteiger partial charge in [0.2, 0.25) is 5.91 Å². The maximum atomic E-state index is 12.1. The highest BCUT2D eigenvalue weighted by Crippen LogP contribution is 2.16. The third-order valence-corrected chi connectivity index (χ3v) is 3.96. The van der Waals surface area contributed by atoms with Crippen molar-refractivity contribution in [1.82, 2.24) is 10.2 Å². The van der Waals surface area contributed by atoms with Gasteiger partial charge in [0.25, 0.3) is 5.91 Å². The lowest BCUT2D eigenvalue weighted by molar-refractivity contribution is -0.131. The average Bonchev–Trinajstić information content (AvgIpc) is 2.54. The van der Waals surface area contributed by atoms with Crippen molar-refractivity contribution in [2.75, 3.05) is 26.2 Å². The van der Waals surface area contributed by atoms with Crippen LogP contribution in [-0.2, 0) is 4.79 Å². The van der Waals surface area contributed by atoms with Gasteiger partial charge in [-0.2, -0.15) is 0 Å². The van der Waals surface area contributed by atoms with Gasteiger partial charge in [-0.3, -0.25) is 9.59 Å². The zero-order valence-corrected chi connectivity index (χ0v) is 13.3. The van der Waals surface area contributed by atoms with Gasteiger partial charge in [-0.15, -0.1) is 0 Å². The number of piperidine rings is 1. The summed E-state index contributed by atoms with van der Waals surface area (Å²) in [6.45, 7) is 6.34. The molecule has 2 rings (SSSR count). The minimum atomic E-state index is -0.234. The maximum absolute atomic E-state index is 12.1. The van der Waals surface area contributed by atoms with Crippen molar-refractivity contribution in [2.45, 2.75) is 26.7 Å². The van der Waals surface area contributed by atoms with Gasteiger partial charge in [-0.1, -0.05) is 6.92 Å². The molecular weight excluding hydrogens is 280 g/mol. The first kappa shape index (κ1) is 16.3. The molecule has 0 unspecified atom stereocenters. The molecule has 1 aromatic rings. The van der Waals surface area contributed by atoms with Crippen LogP contribution < -0.4 is 10.1 Å². The van der Waals surface area contributed by atoms with Crippen LogP contribution in [0.15, 0.2) is 24.3 Å². The van der Waals surface area contributed by atoms with Crippen molar-refractivity contribution in [2.24, 2.45) is 5.92 Å². The monoisotopic (exact) mass is 304 g/mol. The van der Waals surface area contributed by atoms with Crippen molar-refractivity contribution < 1.29 is 14.3 Å². The lowest BCUT2D eigenvalue weighted by Gasteiger charge is -2.30. The van der Waals surface area contributed by atoms with Gasteiger partial charge in [0.1, 0.15) is 5.75 Å². The van der Waals surface area contributed by atoms with Crippen molar-refractivity contribution in [3.63, 3.8) is 0 Å². The average molecular weight is 304 g/mol. The van der Waals surface area contributed by atoms with E-state index in [2.05, 4.69) is 12.2 Å². The lowest BCUT2D eigenvalue weighted by Crippen LogP contribution is -2.43. The fraction of sp³-hybridized carbons (Fsp3) is 0.529. The second-order valence-corrected chi connectivity index (χ2v) is 5.70. The Balaban J connectivity index is 1.80. The lowest BCUT2D eigenvalue weighted by atomic mass is 9.99. The fourth-order valence-electron chi connectivity index (χ4n) is 2.50. The summed E-state index contributed by atoms with van der Waals surface area (Å²) in [5, 5.41) is 2.69. The van der Waals surface area contributed by atoms with E-state index < -0.39 is 0 Å². The highest BCUT2D eigenvalue weighted by atomic mass is 16.5. The summed E-state index contributed by atoms with van der Waals surface area (Å²) in [6, 6.07) is 6.92. The Morgan fingerprint density at radius 2 is 1.86 bits per heavy atom. The minimum Gasteiger partial charge on any atom is -0.494 e. The zero-order valence-electron chi connectivity index (χ0n) is 13.3. The minimum absolute atomic E-state index is 0.00816. The quantitative estimate of drug-likeness (QED) is 0.906. The molecule has 0 bridgehead atoms. The second-order valence-electron chi connectivity index (χ2n) is 5.70. The Bertz CT molecular complexity index is 505. The summed E-state index contributed by atoms with van der Waals surface area (Å²) < 4.78 is 5.33. The second kappa shape index (κ2) is 7.82. The molecule has 5 nitrogen and oxygen atoms in total. The number of carbonyl (C=O) groups is 2. The molecule has 2 amide bonds. The van der Waals surface area contributed by atoms with Gasteiger partial charge in [-0.25, -0.2) is 0 Å². The molecule has 5 heteroatoms. The van der Waals surface area contributed by atoms with Gasteiger partial charge in [0, 0.05) is 18.7 Å². The number of rotatable bonds is 5. The van der Waals surface area contributed by atoms with Crippen LogP contribution in [0.1, 0.15) is 37.0 Å². The van der Waals surface area contributed by atoms with Crippen LogP contribution in [0.2, 0.25) is 0 Å². The molecule has 22 heavy (non-hydrogen) atoms. The molecular formula is C17H24N2O3.